The number of halogens is 1. The average Bonchev–Trinajstić information content (AvgIpc) is 3.31. The van der Waals surface area contributed by atoms with Crippen LogP contribution in [-0.4, -0.2) is 24.2 Å². The molecule has 0 fully saturated rings. The molecule has 1 aliphatic heterocycles. The number of fused-ring (bicyclic) bond motifs is 1. The van der Waals surface area contributed by atoms with E-state index in [0.717, 1.165) is 15.4 Å². The number of thiazole rings is 1. The van der Waals surface area contributed by atoms with Crippen molar-refractivity contribution in [1.82, 2.24) is 4.98 Å². The first-order valence-electron chi connectivity index (χ1n) is 7.45. The van der Waals surface area contributed by atoms with Gasteiger partial charge in [-0.25, -0.2) is 9.78 Å². The number of esters is 1. The van der Waals surface area contributed by atoms with Gasteiger partial charge in [0.1, 0.15) is 24.8 Å². The topological polar surface area (TPSA) is 57.7 Å². The summed E-state index contributed by atoms with van der Waals surface area (Å²) < 4.78 is 16.3. The quantitative estimate of drug-likeness (QED) is 0.604. The van der Waals surface area contributed by atoms with Crippen molar-refractivity contribution in [2.75, 3.05) is 13.2 Å². The lowest BCUT2D eigenvalue weighted by atomic mass is 10.2. The Balaban J connectivity index is 1.45. The van der Waals surface area contributed by atoms with Gasteiger partial charge in [0.15, 0.2) is 17.2 Å². The van der Waals surface area contributed by atoms with Crippen LogP contribution in [0.1, 0.15) is 16.1 Å². The summed E-state index contributed by atoms with van der Waals surface area (Å²) in [6.45, 7) is 1.02. The van der Waals surface area contributed by atoms with E-state index in [1.165, 1.54) is 11.3 Å². The molecule has 0 radical (unpaired) electrons. The molecule has 0 saturated heterocycles. The predicted octanol–water partition coefficient (Wildman–Crippen LogP) is 4.65. The van der Waals surface area contributed by atoms with Gasteiger partial charge >= 0.3 is 5.97 Å². The minimum atomic E-state index is -0.468. The predicted molar refractivity (Wildman–Crippen MR) is 97.0 cm³/mol. The van der Waals surface area contributed by atoms with Gasteiger partial charge in [0.2, 0.25) is 0 Å². The van der Waals surface area contributed by atoms with Crippen molar-refractivity contribution in [2.45, 2.75) is 6.61 Å². The average molecular weight is 394 g/mol. The molecule has 0 atom stereocenters. The van der Waals surface area contributed by atoms with Gasteiger partial charge in [-0.3, -0.25) is 0 Å². The molecule has 0 amide bonds. The number of hydrogen-bond acceptors (Lipinski definition) is 7. The number of carbonyl (C=O) groups excluding carboxylic acids is 1. The Bertz CT molecular complexity index is 908. The summed E-state index contributed by atoms with van der Waals surface area (Å²) in [7, 11) is 0. The van der Waals surface area contributed by atoms with Crippen LogP contribution in [0.25, 0.3) is 9.88 Å². The van der Waals surface area contributed by atoms with E-state index >= 15 is 0 Å². The monoisotopic (exact) mass is 393 g/mol. The third kappa shape index (κ3) is 3.49. The lowest BCUT2D eigenvalue weighted by Gasteiger charge is -2.20. The van der Waals surface area contributed by atoms with Gasteiger partial charge in [0, 0.05) is 5.38 Å². The van der Waals surface area contributed by atoms with Crippen LogP contribution in [-0.2, 0) is 11.3 Å². The van der Waals surface area contributed by atoms with Crippen molar-refractivity contribution in [3.8, 4) is 21.4 Å². The second-order valence-corrected chi connectivity index (χ2v) is 7.41. The van der Waals surface area contributed by atoms with Crippen LogP contribution in [0.15, 0.2) is 35.0 Å². The van der Waals surface area contributed by atoms with Gasteiger partial charge in [-0.15, -0.1) is 22.7 Å². The minimum Gasteiger partial charge on any atom is -0.486 e. The zero-order valence-corrected chi connectivity index (χ0v) is 15.2. The first kappa shape index (κ1) is 16.4. The maximum atomic E-state index is 12.2. The number of rotatable bonds is 4. The lowest BCUT2D eigenvalue weighted by molar-refractivity contribution is 0.0466. The highest BCUT2D eigenvalue weighted by molar-refractivity contribution is 7.20. The summed E-state index contributed by atoms with van der Waals surface area (Å²) in [4.78, 5) is 17.6. The van der Waals surface area contributed by atoms with Crippen LogP contribution in [0.2, 0.25) is 5.02 Å². The highest BCUT2D eigenvalue weighted by Crippen LogP contribution is 2.38. The fourth-order valence-corrected chi connectivity index (χ4v) is 4.24. The largest absolute Gasteiger partial charge is 0.486 e. The first-order chi connectivity index (χ1) is 12.2. The summed E-state index contributed by atoms with van der Waals surface area (Å²) in [5.41, 5.74) is 1.04. The number of benzene rings is 1. The van der Waals surface area contributed by atoms with Crippen LogP contribution in [0.4, 0.5) is 0 Å². The van der Waals surface area contributed by atoms with Gasteiger partial charge in [0.25, 0.3) is 0 Å². The van der Waals surface area contributed by atoms with E-state index in [9.17, 15) is 4.79 Å². The molecular weight excluding hydrogens is 382 g/mol. The molecule has 0 N–H and O–H groups in total. The Morgan fingerprint density at radius 3 is 3.00 bits per heavy atom. The maximum absolute atomic E-state index is 12.2. The molecule has 0 unspecified atom stereocenters. The third-order valence-corrected chi connectivity index (χ3v) is 5.63. The van der Waals surface area contributed by atoms with Gasteiger partial charge in [-0.1, -0.05) is 17.7 Å². The van der Waals surface area contributed by atoms with Crippen molar-refractivity contribution < 1.29 is 19.0 Å². The van der Waals surface area contributed by atoms with E-state index in [2.05, 4.69) is 4.98 Å². The molecule has 1 aliphatic rings. The minimum absolute atomic E-state index is 0.0844. The van der Waals surface area contributed by atoms with Gasteiger partial charge in [-0.05, 0) is 29.1 Å². The summed E-state index contributed by atoms with van der Waals surface area (Å²) in [6, 6.07) is 7.40. The second kappa shape index (κ2) is 7.03. The highest BCUT2D eigenvalue weighted by Gasteiger charge is 2.18. The number of carbonyl (C=O) groups is 1. The fourth-order valence-electron chi connectivity index (χ4n) is 2.35. The maximum Gasteiger partial charge on any atom is 0.358 e. The lowest BCUT2D eigenvalue weighted by Crippen LogP contribution is -2.16. The van der Waals surface area contributed by atoms with E-state index in [1.807, 2.05) is 17.5 Å². The molecule has 0 saturated carbocycles. The van der Waals surface area contributed by atoms with Crippen molar-refractivity contribution in [3.05, 3.63) is 51.3 Å². The Hall–Kier alpha value is -2.09. The Morgan fingerprint density at radius 2 is 2.16 bits per heavy atom. The van der Waals surface area contributed by atoms with Crippen LogP contribution >= 0.6 is 34.3 Å². The third-order valence-electron chi connectivity index (χ3n) is 3.47. The zero-order valence-electron chi connectivity index (χ0n) is 12.9. The van der Waals surface area contributed by atoms with E-state index in [4.69, 9.17) is 25.8 Å². The molecule has 5 nitrogen and oxygen atoms in total. The molecule has 2 aromatic heterocycles. The Labute approximate surface area is 156 Å². The van der Waals surface area contributed by atoms with Crippen molar-refractivity contribution in [3.63, 3.8) is 0 Å². The molecule has 3 aromatic rings. The van der Waals surface area contributed by atoms with Crippen LogP contribution in [0, 0.1) is 0 Å². The number of aromatic nitrogens is 1. The number of ether oxygens (including phenoxy) is 3. The van der Waals surface area contributed by atoms with Crippen LogP contribution in [0.3, 0.4) is 0 Å². The number of nitrogens with zero attached hydrogens (tertiary/aromatic N) is 1. The molecule has 3 heterocycles. The first-order valence-corrected chi connectivity index (χ1v) is 9.59. The second-order valence-electron chi connectivity index (χ2n) is 5.19. The molecule has 1 aromatic carbocycles. The zero-order chi connectivity index (χ0) is 17.2. The summed E-state index contributed by atoms with van der Waals surface area (Å²) >= 11 is 9.19. The van der Waals surface area contributed by atoms with Crippen molar-refractivity contribution >= 4 is 40.2 Å². The summed E-state index contributed by atoms with van der Waals surface area (Å²) in [5, 5.41) is 4.93. The molecule has 0 spiro atoms. The van der Waals surface area contributed by atoms with E-state index in [0.29, 0.717) is 35.4 Å². The SMILES string of the molecule is O=C(OCc1cc(Cl)c2c(c1)OCCO2)c1csc(-c2cccs2)n1. The van der Waals surface area contributed by atoms with Gasteiger partial charge < -0.3 is 14.2 Å². The van der Waals surface area contributed by atoms with E-state index in [1.54, 1.807) is 28.8 Å². The summed E-state index contributed by atoms with van der Waals surface area (Å²) in [5.74, 6) is 0.631. The molecule has 8 heteroatoms. The smallest absolute Gasteiger partial charge is 0.358 e. The Kier molecular flexibility index (Phi) is 4.61. The fraction of sp³-hybridized carbons (Fsp3) is 0.176. The van der Waals surface area contributed by atoms with Crippen molar-refractivity contribution in [2.24, 2.45) is 0 Å². The summed E-state index contributed by atoms with van der Waals surface area (Å²) in [6.07, 6.45) is 0. The van der Waals surface area contributed by atoms with Gasteiger partial charge in [0.05, 0.1) is 9.90 Å². The van der Waals surface area contributed by atoms with Crippen LogP contribution in [0.5, 0.6) is 11.5 Å². The number of thiophene rings is 1. The molecule has 0 bridgehead atoms. The standard InChI is InChI=1S/C17H12ClNO4S2/c18-11-6-10(7-13-15(11)22-4-3-21-13)8-23-17(20)12-9-25-16(19-12)14-2-1-5-24-14/h1-2,5-7,9H,3-4,8H2. The van der Waals surface area contributed by atoms with E-state index < -0.39 is 5.97 Å². The molecule has 4 rings (SSSR count). The van der Waals surface area contributed by atoms with Crippen LogP contribution < -0.4 is 9.47 Å². The Morgan fingerprint density at radius 1 is 1.28 bits per heavy atom. The van der Waals surface area contributed by atoms with E-state index in [-0.39, 0.29) is 6.61 Å². The molecular formula is C17H12ClNO4S2. The molecule has 25 heavy (non-hydrogen) atoms. The number of hydrogen-bond donors (Lipinski definition) is 0. The molecule has 128 valence electrons. The highest BCUT2D eigenvalue weighted by atomic mass is 35.5. The molecule has 0 aliphatic carbocycles. The normalized spacial score (nSPS) is 12.8. The van der Waals surface area contributed by atoms with Crippen molar-refractivity contribution in [1.29, 1.82) is 0 Å². The van der Waals surface area contributed by atoms with Gasteiger partial charge in [-0.2, -0.15) is 0 Å².